The van der Waals surface area contributed by atoms with Crippen molar-refractivity contribution in [2.24, 2.45) is 0 Å². The number of ketones is 1. The van der Waals surface area contributed by atoms with Crippen LogP contribution in [-0.2, 0) is 16.0 Å². The fourth-order valence-electron chi connectivity index (χ4n) is 3.27. The molecule has 2 aromatic rings. The first-order valence-electron chi connectivity index (χ1n) is 8.70. The van der Waals surface area contributed by atoms with Crippen LogP contribution in [0, 0.1) is 13.8 Å². The van der Waals surface area contributed by atoms with Crippen molar-refractivity contribution in [3.63, 3.8) is 0 Å². The van der Waals surface area contributed by atoms with Crippen LogP contribution >= 0.6 is 15.9 Å². The molecule has 1 fully saturated rings. The summed E-state index contributed by atoms with van der Waals surface area (Å²) in [6.45, 7) is 5.18. The Bertz CT molecular complexity index is 821. The average Bonchev–Trinajstić information content (AvgIpc) is 3.23. The Hall–Kier alpha value is -1.92. The maximum Gasteiger partial charge on any atom is 0.339 e. The van der Waals surface area contributed by atoms with Crippen molar-refractivity contribution in [1.29, 1.82) is 0 Å². The van der Waals surface area contributed by atoms with Crippen LogP contribution in [0.2, 0.25) is 0 Å². The summed E-state index contributed by atoms with van der Waals surface area (Å²) in [5.74, 6) is -0.712. The number of carbonyl (C=O) groups excluding carboxylic acids is 2. The summed E-state index contributed by atoms with van der Waals surface area (Å²) in [4.78, 5) is 24.7. The Labute approximate surface area is 161 Å². The van der Waals surface area contributed by atoms with E-state index in [0.717, 1.165) is 37.4 Å². The molecule has 0 saturated carbocycles. The van der Waals surface area contributed by atoms with Crippen molar-refractivity contribution in [2.75, 3.05) is 13.2 Å². The van der Waals surface area contributed by atoms with E-state index in [9.17, 15) is 9.59 Å². The minimum Gasteiger partial charge on any atom is -0.454 e. The van der Waals surface area contributed by atoms with Gasteiger partial charge in [0.2, 0.25) is 5.78 Å². The van der Waals surface area contributed by atoms with Gasteiger partial charge in [-0.15, -0.1) is 0 Å². The van der Waals surface area contributed by atoms with Crippen LogP contribution in [0.25, 0.3) is 0 Å². The zero-order valence-electron chi connectivity index (χ0n) is 15.0. The monoisotopic (exact) mass is 419 g/mol. The summed E-state index contributed by atoms with van der Waals surface area (Å²) < 4.78 is 13.7. The number of Topliss-reactive ketones (excluding diaryl/α,β-unsaturated/α-hetero) is 1. The van der Waals surface area contributed by atoms with E-state index in [4.69, 9.17) is 9.47 Å². The number of hydrogen-bond acceptors (Lipinski definition) is 4. The van der Waals surface area contributed by atoms with Gasteiger partial charge in [-0.05, 0) is 60.8 Å². The highest BCUT2D eigenvalue weighted by Gasteiger charge is 2.22. The number of rotatable bonds is 6. The highest BCUT2D eigenvalue weighted by Crippen LogP contribution is 2.21. The quantitative estimate of drug-likeness (QED) is 0.522. The SMILES string of the molecule is Cc1cc(C(=O)COC(=O)c2ccccc2Br)c(C)n1C[C@@H]1CCCO1. The smallest absolute Gasteiger partial charge is 0.339 e. The van der Waals surface area contributed by atoms with Crippen LogP contribution in [0.4, 0.5) is 0 Å². The lowest BCUT2D eigenvalue weighted by molar-refractivity contribution is 0.0473. The summed E-state index contributed by atoms with van der Waals surface area (Å²) in [6, 6.07) is 8.84. The van der Waals surface area contributed by atoms with Crippen molar-refractivity contribution in [1.82, 2.24) is 4.57 Å². The Balaban J connectivity index is 1.66. The zero-order valence-corrected chi connectivity index (χ0v) is 16.5. The molecule has 1 aromatic carbocycles. The second-order valence-electron chi connectivity index (χ2n) is 6.51. The average molecular weight is 420 g/mol. The molecule has 1 aliphatic heterocycles. The largest absolute Gasteiger partial charge is 0.454 e. The fourth-order valence-corrected chi connectivity index (χ4v) is 3.72. The standard InChI is InChI=1S/C20H22BrNO4/c1-13-10-17(14(2)22(13)11-15-6-5-9-25-15)19(23)12-26-20(24)16-7-3-4-8-18(16)21/h3-4,7-8,10,15H,5-6,9,11-12H2,1-2H3/t15-/m0/s1. The van der Waals surface area contributed by atoms with E-state index in [1.54, 1.807) is 18.2 Å². The van der Waals surface area contributed by atoms with Crippen molar-refractivity contribution >= 4 is 27.7 Å². The first-order chi connectivity index (χ1) is 12.5. The molecule has 1 atom stereocenters. The normalized spacial score (nSPS) is 16.7. The Morgan fingerprint density at radius 3 is 2.73 bits per heavy atom. The molecule has 26 heavy (non-hydrogen) atoms. The molecule has 2 heterocycles. The number of benzene rings is 1. The molecule has 3 rings (SSSR count). The van der Waals surface area contributed by atoms with Gasteiger partial charge in [0.1, 0.15) is 0 Å². The molecular formula is C20H22BrNO4. The first kappa shape index (κ1) is 18.9. The molecule has 0 amide bonds. The summed E-state index contributed by atoms with van der Waals surface area (Å²) in [6.07, 6.45) is 2.33. The van der Waals surface area contributed by atoms with E-state index in [0.29, 0.717) is 15.6 Å². The van der Waals surface area contributed by atoms with E-state index >= 15 is 0 Å². The van der Waals surface area contributed by atoms with Crippen LogP contribution in [0.1, 0.15) is 44.9 Å². The first-order valence-corrected chi connectivity index (χ1v) is 9.50. The number of carbonyl (C=O) groups is 2. The van der Waals surface area contributed by atoms with Crippen molar-refractivity contribution < 1.29 is 19.1 Å². The maximum absolute atomic E-state index is 12.6. The molecule has 0 unspecified atom stereocenters. The molecular weight excluding hydrogens is 398 g/mol. The van der Waals surface area contributed by atoms with E-state index in [2.05, 4.69) is 20.5 Å². The molecule has 1 saturated heterocycles. The lowest BCUT2D eigenvalue weighted by atomic mass is 10.1. The molecule has 1 aliphatic rings. The van der Waals surface area contributed by atoms with Gasteiger partial charge in [0, 0.05) is 34.6 Å². The third-order valence-electron chi connectivity index (χ3n) is 4.71. The number of aryl methyl sites for hydroxylation is 1. The second kappa shape index (κ2) is 8.18. The molecule has 0 aliphatic carbocycles. The number of esters is 1. The molecule has 0 radical (unpaired) electrons. The van der Waals surface area contributed by atoms with Crippen molar-refractivity contribution in [3.8, 4) is 0 Å². The highest BCUT2D eigenvalue weighted by atomic mass is 79.9. The van der Waals surface area contributed by atoms with Gasteiger partial charge in [0.05, 0.1) is 11.7 Å². The maximum atomic E-state index is 12.6. The van der Waals surface area contributed by atoms with Crippen LogP contribution < -0.4 is 0 Å². The Morgan fingerprint density at radius 1 is 1.27 bits per heavy atom. The minimum atomic E-state index is -0.515. The Kier molecular flexibility index (Phi) is 5.94. The molecule has 138 valence electrons. The van der Waals surface area contributed by atoms with Gasteiger partial charge in [-0.3, -0.25) is 4.79 Å². The Morgan fingerprint density at radius 2 is 2.04 bits per heavy atom. The molecule has 5 nitrogen and oxygen atoms in total. The number of aromatic nitrogens is 1. The summed E-state index contributed by atoms with van der Waals surface area (Å²) in [5, 5.41) is 0. The fraction of sp³-hybridized carbons (Fsp3) is 0.400. The van der Waals surface area contributed by atoms with Gasteiger partial charge in [0.25, 0.3) is 0 Å². The van der Waals surface area contributed by atoms with E-state index in [1.165, 1.54) is 0 Å². The van der Waals surface area contributed by atoms with E-state index in [1.807, 2.05) is 26.0 Å². The number of hydrogen-bond donors (Lipinski definition) is 0. The van der Waals surface area contributed by atoms with Gasteiger partial charge >= 0.3 is 5.97 Å². The summed E-state index contributed by atoms with van der Waals surface area (Å²) >= 11 is 3.31. The van der Waals surface area contributed by atoms with Gasteiger partial charge in [0.15, 0.2) is 6.61 Å². The molecule has 1 aromatic heterocycles. The number of ether oxygens (including phenoxy) is 2. The third-order valence-corrected chi connectivity index (χ3v) is 5.40. The zero-order chi connectivity index (χ0) is 18.7. The topological polar surface area (TPSA) is 57.5 Å². The minimum absolute atomic E-state index is 0.197. The molecule has 0 spiro atoms. The summed E-state index contributed by atoms with van der Waals surface area (Å²) in [5.41, 5.74) is 2.91. The van der Waals surface area contributed by atoms with Crippen molar-refractivity contribution in [2.45, 2.75) is 39.3 Å². The van der Waals surface area contributed by atoms with Gasteiger partial charge in [-0.2, -0.15) is 0 Å². The van der Waals surface area contributed by atoms with Crippen LogP contribution in [0.15, 0.2) is 34.8 Å². The van der Waals surface area contributed by atoms with Gasteiger partial charge in [-0.1, -0.05) is 12.1 Å². The lowest BCUT2D eigenvalue weighted by Crippen LogP contribution is -2.18. The molecule has 0 bridgehead atoms. The van der Waals surface area contributed by atoms with Gasteiger partial charge in [-0.25, -0.2) is 4.79 Å². The second-order valence-corrected chi connectivity index (χ2v) is 7.36. The van der Waals surface area contributed by atoms with Gasteiger partial charge < -0.3 is 14.0 Å². The third kappa shape index (κ3) is 4.07. The molecule has 0 N–H and O–H groups in total. The van der Waals surface area contributed by atoms with Crippen LogP contribution in [0.5, 0.6) is 0 Å². The van der Waals surface area contributed by atoms with E-state index in [-0.39, 0.29) is 18.5 Å². The predicted molar refractivity (Wildman–Crippen MR) is 102 cm³/mol. The number of halogens is 1. The lowest BCUT2D eigenvalue weighted by Gasteiger charge is -2.14. The van der Waals surface area contributed by atoms with E-state index < -0.39 is 5.97 Å². The molecule has 6 heteroatoms. The van der Waals surface area contributed by atoms with Crippen LogP contribution in [0.3, 0.4) is 0 Å². The van der Waals surface area contributed by atoms with Crippen LogP contribution in [-0.4, -0.2) is 35.6 Å². The van der Waals surface area contributed by atoms with Crippen molar-refractivity contribution in [3.05, 3.63) is 57.3 Å². The number of nitrogens with zero attached hydrogens (tertiary/aromatic N) is 1. The predicted octanol–water partition coefficient (Wildman–Crippen LogP) is 4.09. The summed E-state index contributed by atoms with van der Waals surface area (Å²) in [7, 11) is 0. The highest BCUT2D eigenvalue weighted by molar-refractivity contribution is 9.10.